The summed E-state index contributed by atoms with van der Waals surface area (Å²) in [6.45, 7) is 5.22. The molecule has 2 rings (SSSR count). The molecule has 1 aromatic rings. The Morgan fingerprint density at radius 2 is 2.22 bits per heavy atom. The van der Waals surface area contributed by atoms with Crippen LogP contribution in [0.25, 0.3) is 0 Å². The SMILES string of the molecule is CCc1ccccc1NC(=O)C1CCCNC1C. The molecule has 18 heavy (non-hydrogen) atoms. The summed E-state index contributed by atoms with van der Waals surface area (Å²) in [5.74, 6) is 0.235. The van der Waals surface area contributed by atoms with Crippen LogP contribution in [-0.2, 0) is 11.2 Å². The van der Waals surface area contributed by atoms with Gasteiger partial charge in [0, 0.05) is 11.7 Å². The monoisotopic (exact) mass is 246 g/mol. The highest BCUT2D eigenvalue weighted by molar-refractivity contribution is 5.93. The lowest BCUT2D eigenvalue weighted by Gasteiger charge is -2.29. The summed E-state index contributed by atoms with van der Waals surface area (Å²) in [5.41, 5.74) is 2.16. The minimum Gasteiger partial charge on any atom is -0.326 e. The normalized spacial score (nSPS) is 23.7. The second kappa shape index (κ2) is 6.01. The van der Waals surface area contributed by atoms with Gasteiger partial charge in [-0.1, -0.05) is 25.1 Å². The van der Waals surface area contributed by atoms with Crippen LogP contribution in [0.3, 0.4) is 0 Å². The topological polar surface area (TPSA) is 41.1 Å². The highest BCUT2D eigenvalue weighted by Gasteiger charge is 2.27. The largest absolute Gasteiger partial charge is 0.326 e. The molecule has 1 aliphatic rings. The molecule has 0 saturated carbocycles. The molecule has 2 unspecified atom stereocenters. The maximum Gasteiger partial charge on any atom is 0.229 e. The van der Waals surface area contributed by atoms with E-state index >= 15 is 0 Å². The summed E-state index contributed by atoms with van der Waals surface area (Å²) >= 11 is 0. The Kier molecular flexibility index (Phi) is 4.37. The quantitative estimate of drug-likeness (QED) is 0.860. The van der Waals surface area contributed by atoms with Crippen LogP contribution in [0, 0.1) is 5.92 Å². The van der Waals surface area contributed by atoms with E-state index in [1.54, 1.807) is 0 Å². The Morgan fingerprint density at radius 3 is 2.94 bits per heavy atom. The van der Waals surface area contributed by atoms with E-state index in [9.17, 15) is 4.79 Å². The van der Waals surface area contributed by atoms with Crippen molar-refractivity contribution in [1.29, 1.82) is 0 Å². The van der Waals surface area contributed by atoms with E-state index in [0.29, 0.717) is 0 Å². The predicted octanol–water partition coefficient (Wildman–Crippen LogP) is 2.58. The summed E-state index contributed by atoms with van der Waals surface area (Å²) in [6, 6.07) is 8.31. The van der Waals surface area contributed by atoms with Crippen molar-refractivity contribution in [3.05, 3.63) is 29.8 Å². The zero-order valence-corrected chi connectivity index (χ0v) is 11.2. The number of amides is 1. The van der Waals surface area contributed by atoms with E-state index in [4.69, 9.17) is 0 Å². The molecule has 1 saturated heterocycles. The summed E-state index contributed by atoms with van der Waals surface area (Å²) in [6.07, 6.45) is 3.00. The third kappa shape index (κ3) is 2.91. The first kappa shape index (κ1) is 13.1. The van der Waals surface area contributed by atoms with Crippen LogP contribution in [-0.4, -0.2) is 18.5 Å². The Labute approximate surface area is 109 Å². The summed E-state index contributed by atoms with van der Waals surface area (Å²) < 4.78 is 0. The van der Waals surface area contributed by atoms with Gasteiger partial charge in [-0.05, 0) is 44.4 Å². The standard InChI is InChI=1S/C15H22N2O/c1-3-12-7-4-5-9-14(12)17-15(18)13-8-6-10-16-11(13)2/h4-5,7,9,11,13,16H,3,6,8,10H2,1-2H3,(H,17,18). The third-order valence-electron chi connectivity index (χ3n) is 3.75. The van der Waals surface area contributed by atoms with Crippen molar-refractivity contribution in [2.45, 2.75) is 39.2 Å². The van der Waals surface area contributed by atoms with Gasteiger partial charge in [-0.15, -0.1) is 0 Å². The van der Waals surface area contributed by atoms with Gasteiger partial charge in [0.15, 0.2) is 0 Å². The molecule has 0 aromatic heterocycles. The molecule has 0 aliphatic carbocycles. The van der Waals surface area contributed by atoms with Crippen molar-refractivity contribution in [2.75, 3.05) is 11.9 Å². The Hall–Kier alpha value is -1.35. The van der Waals surface area contributed by atoms with Crippen molar-refractivity contribution in [1.82, 2.24) is 5.32 Å². The molecule has 0 bridgehead atoms. The molecule has 2 atom stereocenters. The van der Waals surface area contributed by atoms with Crippen LogP contribution >= 0.6 is 0 Å². The van der Waals surface area contributed by atoms with Gasteiger partial charge in [0.05, 0.1) is 5.92 Å². The molecule has 1 amide bonds. The number of piperidine rings is 1. The molecular weight excluding hydrogens is 224 g/mol. The third-order valence-corrected chi connectivity index (χ3v) is 3.75. The van der Waals surface area contributed by atoms with Crippen molar-refractivity contribution < 1.29 is 4.79 Å². The number of nitrogens with one attached hydrogen (secondary N) is 2. The van der Waals surface area contributed by atoms with Crippen LogP contribution in [0.4, 0.5) is 5.69 Å². The number of carbonyl (C=O) groups excluding carboxylic acids is 1. The van der Waals surface area contributed by atoms with E-state index in [0.717, 1.165) is 31.5 Å². The fraction of sp³-hybridized carbons (Fsp3) is 0.533. The van der Waals surface area contributed by atoms with Crippen LogP contribution in [0.2, 0.25) is 0 Å². The lowest BCUT2D eigenvalue weighted by Crippen LogP contribution is -2.44. The van der Waals surface area contributed by atoms with E-state index in [1.807, 2.05) is 18.2 Å². The smallest absolute Gasteiger partial charge is 0.229 e. The van der Waals surface area contributed by atoms with Crippen LogP contribution in [0.15, 0.2) is 24.3 Å². The Morgan fingerprint density at radius 1 is 1.44 bits per heavy atom. The van der Waals surface area contributed by atoms with Gasteiger partial charge in [-0.25, -0.2) is 0 Å². The maximum atomic E-state index is 12.3. The van der Waals surface area contributed by atoms with Gasteiger partial charge in [-0.3, -0.25) is 4.79 Å². The van der Waals surface area contributed by atoms with Crippen LogP contribution in [0.1, 0.15) is 32.3 Å². The van der Waals surface area contributed by atoms with Gasteiger partial charge in [0.25, 0.3) is 0 Å². The number of hydrogen-bond donors (Lipinski definition) is 2. The average molecular weight is 246 g/mol. The highest BCUT2D eigenvalue weighted by atomic mass is 16.1. The summed E-state index contributed by atoms with van der Waals surface area (Å²) in [4.78, 5) is 12.3. The zero-order chi connectivity index (χ0) is 13.0. The van der Waals surface area contributed by atoms with E-state index in [2.05, 4.69) is 30.5 Å². The van der Waals surface area contributed by atoms with Crippen molar-refractivity contribution >= 4 is 11.6 Å². The number of carbonyl (C=O) groups is 1. The molecule has 1 heterocycles. The molecule has 2 N–H and O–H groups in total. The average Bonchev–Trinajstić information content (AvgIpc) is 2.39. The lowest BCUT2D eigenvalue weighted by molar-refractivity contribution is -0.121. The van der Waals surface area contributed by atoms with Gasteiger partial charge in [0.1, 0.15) is 0 Å². The first-order chi connectivity index (χ1) is 8.72. The Balaban J connectivity index is 2.06. The second-order valence-electron chi connectivity index (χ2n) is 4.99. The number of hydrogen-bond acceptors (Lipinski definition) is 2. The molecule has 3 heteroatoms. The molecule has 1 aromatic carbocycles. The van der Waals surface area contributed by atoms with Gasteiger partial charge < -0.3 is 10.6 Å². The fourth-order valence-electron chi connectivity index (χ4n) is 2.58. The molecule has 0 radical (unpaired) electrons. The van der Waals surface area contributed by atoms with Crippen molar-refractivity contribution in [3.63, 3.8) is 0 Å². The molecule has 1 aliphatic heterocycles. The molecule has 3 nitrogen and oxygen atoms in total. The fourth-order valence-corrected chi connectivity index (χ4v) is 2.58. The van der Waals surface area contributed by atoms with Gasteiger partial charge in [-0.2, -0.15) is 0 Å². The van der Waals surface area contributed by atoms with E-state index in [1.165, 1.54) is 5.56 Å². The molecule has 0 spiro atoms. The number of rotatable bonds is 3. The van der Waals surface area contributed by atoms with E-state index < -0.39 is 0 Å². The van der Waals surface area contributed by atoms with E-state index in [-0.39, 0.29) is 17.9 Å². The molecular formula is C15H22N2O. The lowest BCUT2D eigenvalue weighted by atomic mass is 9.91. The Bertz CT molecular complexity index is 417. The second-order valence-corrected chi connectivity index (χ2v) is 4.99. The maximum absolute atomic E-state index is 12.3. The van der Waals surface area contributed by atoms with Crippen LogP contribution < -0.4 is 10.6 Å². The van der Waals surface area contributed by atoms with Crippen LogP contribution in [0.5, 0.6) is 0 Å². The number of benzene rings is 1. The van der Waals surface area contributed by atoms with Crippen molar-refractivity contribution in [2.24, 2.45) is 5.92 Å². The number of para-hydroxylation sites is 1. The highest BCUT2D eigenvalue weighted by Crippen LogP contribution is 2.21. The predicted molar refractivity (Wildman–Crippen MR) is 74.6 cm³/mol. The molecule has 98 valence electrons. The summed E-state index contributed by atoms with van der Waals surface area (Å²) in [7, 11) is 0. The summed E-state index contributed by atoms with van der Waals surface area (Å²) in [5, 5.41) is 6.45. The van der Waals surface area contributed by atoms with Gasteiger partial charge >= 0.3 is 0 Å². The van der Waals surface area contributed by atoms with Gasteiger partial charge in [0.2, 0.25) is 5.91 Å². The number of anilines is 1. The minimum atomic E-state index is 0.0867. The first-order valence-electron chi connectivity index (χ1n) is 6.84. The number of aryl methyl sites for hydroxylation is 1. The minimum absolute atomic E-state index is 0.0867. The first-order valence-corrected chi connectivity index (χ1v) is 6.84. The van der Waals surface area contributed by atoms with Crippen molar-refractivity contribution in [3.8, 4) is 0 Å². The zero-order valence-electron chi connectivity index (χ0n) is 11.2. The molecule has 1 fully saturated rings.